The zero-order chi connectivity index (χ0) is 12.3. The highest BCUT2D eigenvalue weighted by Gasteiger charge is 2.03. The number of aliphatic hydroxyl groups is 1. The fourth-order valence-corrected chi connectivity index (χ4v) is 2.42. The van der Waals surface area contributed by atoms with Gasteiger partial charge in [-0.2, -0.15) is 0 Å². The van der Waals surface area contributed by atoms with Crippen LogP contribution in [0.2, 0.25) is 5.02 Å². The van der Waals surface area contributed by atoms with Crippen molar-refractivity contribution in [2.45, 2.75) is 22.9 Å². The molecule has 0 aliphatic rings. The van der Waals surface area contributed by atoms with Crippen LogP contribution >= 0.6 is 23.4 Å². The van der Waals surface area contributed by atoms with Crippen LogP contribution in [0.25, 0.3) is 0 Å². The molecule has 1 N–H and O–H groups in total. The van der Waals surface area contributed by atoms with E-state index in [0.29, 0.717) is 0 Å². The summed E-state index contributed by atoms with van der Waals surface area (Å²) in [6.07, 6.45) is 1.21. The third-order valence-electron chi connectivity index (χ3n) is 2.26. The number of halogens is 1. The van der Waals surface area contributed by atoms with E-state index in [4.69, 9.17) is 11.6 Å². The van der Waals surface area contributed by atoms with E-state index in [1.807, 2.05) is 36.4 Å². The molecule has 1 unspecified atom stereocenters. The Bertz CT molecular complexity index is 499. The minimum Gasteiger partial charge on any atom is -0.389 e. The Morgan fingerprint density at radius 1 is 1.29 bits per heavy atom. The van der Waals surface area contributed by atoms with Gasteiger partial charge < -0.3 is 5.11 Å². The average Bonchev–Trinajstić information content (AvgIpc) is 2.29. The number of aliphatic hydroxyl groups excluding tert-OH is 1. The smallest absolute Gasteiger partial charge is 0.101 e. The molecule has 0 fully saturated rings. The molecule has 0 aliphatic heterocycles. The van der Waals surface area contributed by atoms with Crippen LogP contribution in [0.1, 0.15) is 18.6 Å². The van der Waals surface area contributed by atoms with Gasteiger partial charge in [-0.25, -0.2) is 4.98 Å². The highest BCUT2D eigenvalue weighted by atomic mass is 35.5. The summed E-state index contributed by atoms with van der Waals surface area (Å²) >= 11 is 7.46. The molecule has 1 aromatic heterocycles. The van der Waals surface area contributed by atoms with Crippen LogP contribution in [0, 0.1) is 0 Å². The van der Waals surface area contributed by atoms with Crippen molar-refractivity contribution in [3.05, 3.63) is 53.2 Å². The maximum absolute atomic E-state index is 9.38. The van der Waals surface area contributed by atoms with Gasteiger partial charge in [0.1, 0.15) is 5.03 Å². The third-order valence-corrected chi connectivity index (χ3v) is 3.44. The average molecular weight is 266 g/mol. The standard InChI is InChI=1S/C13H12ClNOS/c1-9(16)10-5-6-13(15-8-10)17-12-4-2-3-11(14)7-12/h2-9,16H,1H3. The minimum atomic E-state index is -0.479. The first-order valence-corrected chi connectivity index (χ1v) is 6.42. The maximum Gasteiger partial charge on any atom is 0.101 e. The number of aromatic nitrogens is 1. The van der Waals surface area contributed by atoms with Crippen molar-refractivity contribution in [3.8, 4) is 0 Å². The summed E-state index contributed by atoms with van der Waals surface area (Å²) in [5, 5.41) is 11.0. The Morgan fingerprint density at radius 2 is 2.12 bits per heavy atom. The van der Waals surface area contributed by atoms with E-state index in [9.17, 15) is 5.11 Å². The van der Waals surface area contributed by atoms with Gasteiger partial charge in [-0.05, 0) is 36.8 Å². The number of nitrogens with zero attached hydrogens (tertiary/aromatic N) is 1. The van der Waals surface area contributed by atoms with Gasteiger partial charge in [-0.1, -0.05) is 35.5 Å². The van der Waals surface area contributed by atoms with Crippen molar-refractivity contribution >= 4 is 23.4 Å². The molecular weight excluding hydrogens is 254 g/mol. The van der Waals surface area contributed by atoms with Gasteiger partial charge in [0.15, 0.2) is 0 Å². The monoisotopic (exact) mass is 265 g/mol. The summed E-state index contributed by atoms with van der Waals surface area (Å²) in [6.45, 7) is 1.72. The number of pyridine rings is 1. The molecule has 0 aliphatic carbocycles. The molecule has 1 aromatic carbocycles. The molecule has 88 valence electrons. The number of hydrogen-bond donors (Lipinski definition) is 1. The molecule has 1 atom stereocenters. The first-order valence-electron chi connectivity index (χ1n) is 5.22. The zero-order valence-corrected chi connectivity index (χ0v) is 10.9. The van der Waals surface area contributed by atoms with Crippen LogP contribution in [0.15, 0.2) is 52.5 Å². The van der Waals surface area contributed by atoms with Gasteiger partial charge in [0.25, 0.3) is 0 Å². The second-order valence-corrected chi connectivity index (χ2v) is 5.20. The summed E-state index contributed by atoms with van der Waals surface area (Å²) in [4.78, 5) is 5.34. The van der Waals surface area contributed by atoms with Crippen LogP contribution in [0.3, 0.4) is 0 Å². The Hall–Kier alpha value is -1.03. The highest BCUT2D eigenvalue weighted by Crippen LogP contribution is 2.28. The maximum atomic E-state index is 9.38. The lowest BCUT2D eigenvalue weighted by atomic mass is 10.2. The second kappa shape index (κ2) is 5.54. The molecule has 0 saturated heterocycles. The number of rotatable bonds is 3. The van der Waals surface area contributed by atoms with Crippen LogP contribution in [-0.4, -0.2) is 10.1 Å². The van der Waals surface area contributed by atoms with E-state index in [-0.39, 0.29) is 0 Å². The molecule has 2 nitrogen and oxygen atoms in total. The summed E-state index contributed by atoms with van der Waals surface area (Å²) in [7, 11) is 0. The Balaban J connectivity index is 2.14. The molecule has 1 heterocycles. The summed E-state index contributed by atoms with van der Waals surface area (Å²) in [5.41, 5.74) is 0.820. The van der Waals surface area contributed by atoms with E-state index in [1.54, 1.807) is 24.9 Å². The molecule has 0 radical (unpaired) electrons. The van der Waals surface area contributed by atoms with Crippen LogP contribution < -0.4 is 0 Å². The zero-order valence-electron chi connectivity index (χ0n) is 9.30. The summed E-state index contributed by atoms with van der Waals surface area (Å²) in [6, 6.07) is 11.4. The lowest BCUT2D eigenvalue weighted by Gasteiger charge is -2.05. The van der Waals surface area contributed by atoms with Crippen molar-refractivity contribution in [2.24, 2.45) is 0 Å². The first-order chi connectivity index (χ1) is 8.15. The third kappa shape index (κ3) is 3.46. The molecule has 17 heavy (non-hydrogen) atoms. The second-order valence-electron chi connectivity index (χ2n) is 3.67. The van der Waals surface area contributed by atoms with Crippen molar-refractivity contribution in [1.29, 1.82) is 0 Å². The lowest BCUT2D eigenvalue weighted by molar-refractivity contribution is 0.198. The molecule has 0 bridgehead atoms. The number of hydrogen-bond acceptors (Lipinski definition) is 3. The summed E-state index contributed by atoms with van der Waals surface area (Å²) < 4.78 is 0. The van der Waals surface area contributed by atoms with E-state index >= 15 is 0 Å². The largest absolute Gasteiger partial charge is 0.389 e. The van der Waals surface area contributed by atoms with E-state index in [0.717, 1.165) is 20.5 Å². The lowest BCUT2D eigenvalue weighted by Crippen LogP contribution is -1.91. The van der Waals surface area contributed by atoms with Crippen molar-refractivity contribution in [2.75, 3.05) is 0 Å². The van der Waals surface area contributed by atoms with Crippen LogP contribution in [0.5, 0.6) is 0 Å². The van der Waals surface area contributed by atoms with E-state index < -0.39 is 6.10 Å². The Morgan fingerprint density at radius 3 is 2.71 bits per heavy atom. The van der Waals surface area contributed by atoms with Crippen molar-refractivity contribution in [1.82, 2.24) is 4.98 Å². The molecule has 0 spiro atoms. The fraction of sp³-hybridized carbons (Fsp3) is 0.154. The predicted octanol–water partition coefficient (Wildman–Crippen LogP) is 3.94. The fourth-order valence-electron chi connectivity index (χ4n) is 1.35. The van der Waals surface area contributed by atoms with Crippen molar-refractivity contribution < 1.29 is 5.11 Å². The molecule has 0 amide bonds. The predicted molar refractivity (Wildman–Crippen MR) is 70.4 cm³/mol. The SMILES string of the molecule is CC(O)c1ccc(Sc2cccc(Cl)c2)nc1. The molecule has 2 aromatic rings. The van der Waals surface area contributed by atoms with Crippen LogP contribution in [0.4, 0.5) is 0 Å². The normalized spacial score (nSPS) is 12.4. The molecule has 4 heteroatoms. The van der Waals surface area contributed by atoms with Gasteiger partial charge in [-0.15, -0.1) is 0 Å². The summed E-state index contributed by atoms with van der Waals surface area (Å²) in [5.74, 6) is 0. The van der Waals surface area contributed by atoms with Crippen molar-refractivity contribution in [3.63, 3.8) is 0 Å². The Kier molecular flexibility index (Phi) is 4.05. The van der Waals surface area contributed by atoms with Crippen LogP contribution in [-0.2, 0) is 0 Å². The van der Waals surface area contributed by atoms with Gasteiger partial charge in [0.05, 0.1) is 6.10 Å². The molecule has 0 saturated carbocycles. The van der Waals surface area contributed by atoms with Gasteiger partial charge in [0, 0.05) is 16.1 Å². The van der Waals surface area contributed by atoms with Gasteiger partial charge in [-0.3, -0.25) is 0 Å². The Labute approximate surface area is 110 Å². The first kappa shape index (κ1) is 12.4. The minimum absolute atomic E-state index is 0.479. The highest BCUT2D eigenvalue weighted by molar-refractivity contribution is 7.99. The van der Waals surface area contributed by atoms with Gasteiger partial charge in [0.2, 0.25) is 0 Å². The van der Waals surface area contributed by atoms with Gasteiger partial charge >= 0.3 is 0 Å². The van der Waals surface area contributed by atoms with E-state index in [1.165, 1.54) is 0 Å². The number of benzene rings is 1. The quantitative estimate of drug-likeness (QED) is 0.913. The topological polar surface area (TPSA) is 33.1 Å². The molecule has 2 rings (SSSR count). The molecular formula is C13H12ClNOS. The van der Waals surface area contributed by atoms with E-state index in [2.05, 4.69) is 4.98 Å².